The van der Waals surface area contributed by atoms with E-state index in [0.29, 0.717) is 0 Å². The van der Waals surface area contributed by atoms with Crippen molar-refractivity contribution in [2.45, 2.75) is 63.5 Å². The van der Waals surface area contributed by atoms with E-state index in [1.807, 2.05) is 12.1 Å². The van der Waals surface area contributed by atoms with Gasteiger partial charge in [-0.3, -0.25) is 4.79 Å². The molecule has 33 heavy (non-hydrogen) atoms. The molecular weight excluding hydrogens is 424 g/mol. The van der Waals surface area contributed by atoms with E-state index in [9.17, 15) is 4.79 Å². The average molecular weight is 461 g/mol. The average Bonchev–Trinajstić information content (AvgIpc) is 2.80. The molecule has 3 aromatic rings. The van der Waals surface area contributed by atoms with Crippen molar-refractivity contribution in [3.63, 3.8) is 0 Å². The zero-order chi connectivity index (χ0) is 23.7. The molecule has 0 heterocycles. The highest BCUT2D eigenvalue weighted by molar-refractivity contribution is 6.32. The summed E-state index contributed by atoms with van der Waals surface area (Å²) in [6, 6.07) is 29.9. The van der Waals surface area contributed by atoms with Crippen LogP contribution in [0, 0.1) is 0 Å². The van der Waals surface area contributed by atoms with Crippen molar-refractivity contribution in [1.29, 1.82) is 0 Å². The number of benzene rings is 3. The first-order valence-electron chi connectivity index (χ1n) is 11.9. The van der Waals surface area contributed by atoms with Crippen LogP contribution in [0.15, 0.2) is 84.9 Å². The Balaban J connectivity index is 2.01. The van der Waals surface area contributed by atoms with Crippen LogP contribution in [-0.2, 0) is 21.2 Å². The second-order valence-corrected chi connectivity index (χ2v) is 12.6. The van der Waals surface area contributed by atoms with Crippen LogP contribution in [0.25, 0.3) is 0 Å². The maximum absolute atomic E-state index is 10.8. The third-order valence-corrected chi connectivity index (χ3v) is 7.22. The largest absolute Gasteiger partial charge is 0.481 e. The van der Waals surface area contributed by atoms with Gasteiger partial charge in [-0.05, 0) is 46.6 Å². The first kappa shape index (κ1) is 24.9. The molecule has 174 valence electrons. The molecule has 0 saturated heterocycles. The molecular formula is C29H36O3Si. The summed E-state index contributed by atoms with van der Waals surface area (Å²) in [6.45, 7) is 6.77. The van der Waals surface area contributed by atoms with Crippen molar-refractivity contribution in [2.75, 3.05) is 0 Å². The smallest absolute Gasteiger partial charge is 0.303 e. The van der Waals surface area contributed by atoms with Gasteiger partial charge in [-0.15, -0.1) is 0 Å². The molecule has 0 aliphatic heterocycles. The molecule has 0 saturated carbocycles. The molecule has 0 radical (unpaired) electrons. The van der Waals surface area contributed by atoms with Gasteiger partial charge in [0.15, 0.2) is 9.76 Å². The molecule has 0 aromatic heterocycles. The molecule has 0 bridgehead atoms. The fourth-order valence-corrected chi connectivity index (χ4v) is 5.30. The van der Waals surface area contributed by atoms with Gasteiger partial charge in [-0.1, -0.05) is 112 Å². The van der Waals surface area contributed by atoms with Crippen LogP contribution in [0.5, 0.6) is 0 Å². The van der Waals surface area contributed by atoms with E-state index in [2.05, 4.69) is 93.6 Å². The summed E-state index contributed by atoms with van der Waals surface area (Å²) in [4.78, 5) is 10.8. The van der Waals surface area contributed by atoms with Crippen LogP contribution in [0.4, 0.5) is 0 Å². The SMILES string of the molecule is CC(C)(C)[SiH2]OC(c1ccccc1)(c1ccccc1)c1cccc(CCCCCC(=O)O)c1. The first-order chi connectivity index (χ1) is 15.8. The number of carboxylic acid groups (broad SMARTS) is 1. The number of hydrogen-bond donors (Lipinski definition) is 1. The van der Waals surface area contributed by atoms with Crippen molar-refractivity contribution in [1.82, 2.24) is 0 Å². The van der Waals surface area contributed by atoms with Gasteiger partial charge in [-0.2, -0.15) is 0 Å². The Bertz CT molecular complexity index is 970. The summed E-state index contributed by atoms with van der Waals surface area (Å²) in [5.74, 6) is -0.715. The molecule has 3 nitrogen and oxygen atoms in total. The number of unbranched alkanes of at least 4 members (excludes halogenated alkanes) is 2. The standard InChI is InChI=1S/C29H36O3Si/c1-28(2,3)33-32-29(24-16-8-5-9-17-24,25-18-10-6-11-19-25)26-20-13-15-23(22-26)14-7-4-12-21-27(30)31/h5-6,8-11,13,15-20,22H,4,7,12,14,21,33H2,1-3H3,(H,30,31). The maximum Gasteiger partial charge on any atom is 0.303 e. The highest BCUT2D eigenvalue weighted by Gasteiger charge is 2.38. The molecule has 4 heteroatoms. The Hall–Kier alpha value is -2.69. The lowest BCUT2D eigenvalue weighted by Gasteiger charge is -2.38. The van der Waals surface area contributed by atoms with E-state index in [-0.39, 0.29) is 11.5 Å². The quantitative estimate of drug-likeness (QED) is 0.202. The van der Waals surface area contributed by atoms with Gasteiger partial charge in [0.25, 0.3) is 0 Å². The van der Waals surface area contributed by atoms with Gasteiger partial charge in [0, 0.05) is 6.42 Å². The lowest BCUT2D eigenvalue weighted by Crippen LogP contribution is -2.36. The van der Waals surface area contributed by atoms with Gasteiger partial charge in [-0.25, -0.2) is 0 Å². The summed E-state index contributed by atoms with van der Waals surface area (Å²) < 4.78 is 7.05. The van der Waals surface area contributed by atoms with Gasteiger partial charge in [0.2, 0.25) is 0 Å². The molecule has 0 aliphatic carbocycles. The highest BCUT2D eigenvalue weighted by Crippen LogP contribution is 2.42. The van der Waals surface area contributed by atoms with Crippen molar-refractivity contribution >= 4 is 15.7 Å². The summed E-state index contributed by atoms with van der Waals surface area (Å²) in [6.07, 6.45) is 3.82. The number of aliphatic carboxylic acids is 1. The Morgan fingerprint density at radius 2 is 1.36 bits per heavy atom. The number of aryl methyl sites for hydroxylation is 1. The number of carboxylic acids is 1. The molecule has 0 spiro atoms. The normalized spacial score (nSPS) is 12.3. The van der Waals surface area contributed by atoms with Crippen LogP contribution < -0.4 is 0 Å². The summed E-state index contributed by atoms with van der Waals surface area (Å²) >= 11 is 0. The Morgan fingerprint density at radius 1 is 0.788 bits per heavy atom. The van der Waals surface area contributed by atoms with E-state index in [0.717, 1.165) is 42.4 Å². The van der Waals surface area contributed by atoms with E-state index in [1.165, 1.54) is 5.56 Å². The van der Waals surface area contributed by atoms with Crippen LogP contribution in [0.1, 0.15) is 68.7 Å². The van der Waals surface area contributed by atoms with Crippen molar-refractivity contribution in [2.24, 2.45) is 0 Å². The fraction of sp³-hybridized carbons (Fsp3) is 0.345. The van der Waals surface area contributed by atoms with Gasteiger partial charge >= 0.3 is 5.97 Å². The fourth-order valence-electron chi connectivity index (χ4n) is 4.15. The summed E-state index contributed by atoms with van der Waals surface area (Å²) in [7, 11) is -0.884. The van der Waals surface area contributed by atoms with Gasteiger partial charge < -0.3 is 9.53 Å². The van der Waals surface area contributed by atoms with E-state index in [1.54, 1.807) is 0 Å². The van der Waals surface area contributed by atoms with Gasteiger partial charge in [0.05, 0.1) is 0 Å². The lowest BCUT2D eigenvalue weighted by atomic mass is 9.79. The highest BCUT2D eigenvalue weighted by atomic mass is 28.2. The minimum atomic E-state index is -0.884. The Labute approximate surface area is 200 Å². The van der Waals surface area contributed by atoms with Crippen LogP contribution >= 0.6 is 0 Å². The number of carbonyl (C=O) groups is 1. The van der Waals surface area contributed by atoms with E-state index < -0.39 is 21.3 Å². The van der Waals surface area contributed by atoms with Crippen LogP contribution in [0.3, 0.4) is 0 Å². The molecule has 3 rings (SSSR count). The predicted octanol–water partition coefficient (Wildman–Crippen LogP) is 6.48. The van der Waals surface area contributed by atoms with E-state index >= 15 is 0 Å². The van der Waals surface area contributed by atoms with Gasteiger partial charge in [0.1, 0.15) is 5.60 Å². The van der Waals surface area contributed by atoms with Crippen LogP contribution in [0.2, 0.25) is 5.04 Å². The second-order valence-electron chi connectivity index (χ2n) is 9.92. The summed E-state index contributed by atoms with van der Waals surface area (Å²) in [5, 5.41) is 9.02. The minimum Gasteiger partial charge on any atom is -0.481 e. The molecule has 0 aliphatic rings. The zero-order valence-electron chi connectivity index (χ0n) is 20.1. The van der Waals surface area contributed by atoms with Crippen LogP contribution in [-0.4, -0.2) is 20.8 Å². The topological polar surface area (TPSA) is 46.5 Å². The third kappa shape index (κ3) is 6.89. The third-order valence-electron chi connectivity index (χ3n) is 5.77. The lowest BCUT2D eigenvalue weighted by molar-refractivity contribution is -0.137. The summed E-state index contributed by atoms with van der Waals surface area (Å²) in [5.41, 5.74) is 4.05. The molecule has 1 N–H and O–H groups in total. The Morgan fingerprint density at radius 3 is 1.91 bits per heavy atom. The predicted molar refractivity (Wildman–Crippen MR) is 138 cm³/mol. The number of rotatable bonds is 11. The van der Waals surface area contributed by atoms with Crippen molar-refractivity contribution < 1.29 is 14.3 Å². The zero-order valence-corrected chi connectivity index (χ0v) is 21.5. The maximum atomic E-state index is 10.8. The van der Waals surface area contributed by atoms with Crippen molar-refractivity contribution in [3.8, 4) is 0 Å². The number of hydrogen-bond acceptors (Lipinski definition) is 2. The monoisotopic (exact) mass is 460 g/mol. The molecule has 0 atom stereocenters. The van der Waals surface area contributed by atoms with E-state index in [4.69, 9.17) is 9.53 Å². The first-order valence-corrected chi connectivity index (χ1v) is 13.2. The second kappa shape index (κ2) is 11.4. The molecule has 3 aromatic carbocycles. The van der Waals surface area contributed by atoms with Crippen molar-refractivity contribution in [3.05, 3.63) is 107 Å². The Kier molecular flexibility index (Phi) is 8.65. The molecule has 0 unspecified atom stereocenters. The molecule has 0 fully saturated rings. The molecule has 0 amide bonds. The minimum absolute atomic E-state index is 0.149.